The number of halogens is 6. The molecule has 1 unspecified atom stereocenters. The molecule has 2 aromatic carbocycles. The minimum atomic E-state index is -5.08. The van der Waals surface area contributed by atoms with E-state index in [0.717, 1.165) is 19.2 Å². The zero-order valence-electron chi connectivity index (χ0n) is 20.1. The summed E-state index contributed by atoms with van der Waals surface area (Å²) in [6.07, 6.45) is -9.97. The van der Waals surface area contributed by atoms with Gasteiger partial charge in [0.25, 0.3) is 22.9 Å². The van der Waals surface area contributed by atoms with Crippen LogP contribution in [0.5, 0.6) is 0 Å². The molecule has 3 aromatic heterocycles. The van der Waals surface area contributed by atoms with Crippen molar-refractivity contribution in [1.29, 1.82) is 0 Å². The summed E-state index contributed by atoms with van der Waals surface area (Å²) < 4.78 is 95.8. The third kappa shape index (κ3) is 4.07. The average molecular weight is 549 g/mol. The number of aryl methyl sites for hydroxylation is 1. The van der Waals surface area contributed by atoms with Gasteiger partial charge in [0.15, 0.2) is 5.65 Å². The number of nitrogens with one attached hydrogen (secondary N) is 1. The molecule has 1 atom stereocenters. The van der Waals surface area contributed by atoms with E-state index in [9.17, 15) is 31.1 Å². The first kappa shape index (κ1) is 26.2. The Balaban J connectivity index is 1.74. The summed E-state index contributed by atoms with van der Waals surface area (Å²) in [5.74, 6) is -1.71. The molecule has 0 saturated carbocycles. The molecule has 0 fully saturated rings. The Labute approximate surface area is 214 Å². The second-order valence-electron chi connectivity index (χ2n) is 8.42. The maximum absolute atomic E-state index is 14.4. The third-order valence-electron chi connectivity index (χ3n) is 6.13. The van der Waals surface area contributed by atoms with E-state index in [-0.39, 0.29) is 28.0 Å². The van der Waals surface area contributed by atoms with E-state index in [2.05, 4.69) is 15.2 Å². The molecule has 5 rings (SSSR count). The Morgan fingerprint density at radius 2 is 1.51 bits per heavy atom. The van der Waals surface area contributed by atoms with Crippen molar-refractivity contribution in [2.75, 3.05) is 7.11 Å². The van der Waals surface area contributed by atoms with E-state index in [1.165, 1.54) is 49.4 Å². The number of ether oxygens (including phenoxy) is 1. The number of rotatable bonds is 5. The van der Waals surface area contributed by atoms with Crippen molar-refractivity contribution in [3.05, 3.63) is 93.9 Å². The number of fused-ring (bicyclic) bond motifs is 1. The Hall–Kier alpha value is -4.46. The normalized spacial score (nSPS) is 14.1. The van der Waals surface area contributed by atoms with E-state index < -0.39 is 46.6 Å². The molecule has 0 saturated heterocycles. The lowest BCUT2D eigenvalue weighted by molar-refractivity contribution is -0.265. The van der Waals surface area contributed by atoms with E-state index in [4.69, 9.17) is 9.15 Å². The van der Waals surface area contributed by atoms with Gasteiger partial charge in [0.1, 0.15) is 11.3 Å². The smallest absolute Gasteiger partial charge is 0.416 e. The highest BCUT2D eigenvalue weighted by molar-refractivity contribution is 5.81. The van der Waals surface area contributed by atoms with Crippen molar-refractivity contribution in [1.82, 2.24) is 24.8 Å². The lowest BCUT2D eigenvalue weighted by Crippen LogP contribution is -2.45. The minimum absolute atomic E-state index is 0.139. The maximum Gasteiger partial charge on any atom is 0.433 e. The fourth-order valence-electron chi connectivity index (χ4n) is 4.38. The topological polar surface area (TPSA) is 98.3 Å². The molecule has 1 N–H and O–H groups in total. The van der Waals surface area contributed by atoms with Gasteiger partial charge in [-0.1, -0.05) is 60.7 Å². The van der Waals surface area contributed by atoms with E-state index >= 15 is 0 Å². The maximum atomic E-state index is 14.4. The molecule has 0 aliphatic heterocycles. The van der Waals surface area contributed by atoms with Gasteiger partial charge in [0, 0.05) is 12.7 Å². The minimum Gasteiger partial charge on any atom is -0.416 e. The van der Waals surface area contributed by atoms with E-state index in [1.807, 2.05) is 5.10 Å². The van der Waals surface area contributed by atoms with Crippen LogP contribution >= 0.6 is 0 Å². The van der Waals surface area contributed by atoms with Gasteiger partial charge in [-0.15, -0.1) is 10.2 Å². The quantitative estimate of drug-likeness (QED) is 0.290. The largest absolute Gasteiger partial charge is 0.433 e. The highest BCUT2D eigenvalue weighted by Gasteiger charge is 2.62. The van der Waals surface area contributed by atoms with E-state index in [0.29, 0.717) is 4.52 Å². The Kier molecular flexibility index (Phi) is 6.09. The highest BCUT2D eigenvalue weighted by Crippen LogP contribution is 2.47. The van der Waals surface area contributed by atoms with Gasteiger partial charge in [0.2, 0.25) is 0 Å². The third-order valence-corrected chi connectivity index (χ3v) is 6.13. The first-order chi connectivity index (χ1) is 18.4. The number of nitrogens with zero attached hydrogens (tertiary/aromatic N) is 4. The van der Waals surface area contributed by atoms with Crippen LogP contribution in [0.1, 0.15) is 22.8 Å². The van der Waals surface area contributed by atoms with Crippen molar-refractivity contribution < 1.29 is 35.5 Å². The van der Waals surface area contributed by atoms with Crippen LogP contribution in [0.4, 0.5) is 26.3 Å². The van der Waals surface area contributed by atoms with Crippen molar-refractivity contribution in [3.63, 3.8) is 0 Å². The molecule has 14 heteroatoms. The van der Waals surface area contributed by atoms with Crippen LogP contribution in [0.2, 0.25) is 0 Å². The van der Waals surface area contributed by atoms with Crippen molar-refractivity contribution in [2.45, 2.75) is 24.9 Å². The number of H-pyrrole nitrogens is 1. The molecule has 0 amide bonds. The van der Waals surface area contributed by atoms with Crippen LogP contribution in [0, 0.1) is 6.92 Å². The summed E-state index contributed by atoms with van der Waals surface area (Å²) in [4.78, 5) is 17.6. The van der Waals surface area contributed by atoms with Gasteiger partial charge in [-0.3, -0.25) is 9.89 Å². The first-order valence-corrected chi connectivity index (χ1v) is 11.2. The number of aromatic nitrogens is 5. The summed E-state index contributed by atoms with van der Waals surface area (Å²) >= 11 is 0. The van der Waals surface area contributed by atoms with Gasteiger partial charge >= 0.3 is 12.4 Å². The summed E-state index contributed by atoms with van der Waals surface area (Å²) in [7, 11) is 0.806. The van der Waals surface area contributed by atoms with Gasteiger partial charge in [0.05, 0.1) is 11.3 Å². The summed E-state index contributed by atoms with van der Waals surface area (Å²) in [5.41, 5.74) is -7.08. The predicted molar refractivity (Wildman–Crippen MR) is 125 cm³/mol. The summed E-state index contributed by atoms with van der Waals surface area (Å²) in [6.45, 7) is 1.29. The fraction of sp³-hybridized carbons (Fsp3) is 0.200. The zero-order valence-corrected chi connectivity index (χ0v) is 20.1. The number of methoxy groups -OCH3 is 1. The molecule has 39 heavy (non-hydrogen) atoms. The SMILES string of the molecule is COC(c1ccccc1)(c1nnc(-c2c(C)nc3c(-c4ccccc4)c(C(F)(F)F)[nH]n3c2=O)o1)C(F)(F)F. The Morgan fingerprint density at radius 3 is 2.08 bits per heavy atom. The summed E-state index contributed by atoms with van der Waals surface area (Å²) in [6, 6.07) is 14.0. The highest BCUT2D eigenvalue weighted by atomic mass is 19.4. The molecule has 5 aromatic rings. The Morgan fingerprint density at radius 1 is 0.897 bits per heavy atom. The average Bonchev–Trinajstić information content (AvgIpc) is 3.51. The molecule has 0 radical (unpaired) electrons. The van der Waals surface area contributed by atoms with Crippen molar-refractivity contribution in [3.8, 4) is 22.6 Å². The number of hydrogen-bond donors (Lipinski definition) is 1. The number of alkyl halides is 6. The molecular formula is C25H17F6N5O3. The second kappa shape index (κ2) is 9.08. The molecular weight excluding hydrogens is 532 g/mol. The molecule has 0 aliphatic rings. The van der Waals surface area contributed by atoms with Crippen LogP contribution in [0.3, 0.4) is 0 Å². The molecule has 202 valence electrons. The van der Waals surface area contributed by atoms with Crippen molar-refractivity contribution in [2.24, 2.45) is 0 Å². The Bertz CT molecular complexity index is 1710. The van der Waals surface area contributed by atoms with Gasteiger partial charge in [-0.2, -0.15) is 30.9 Å². The summed E-state index contributed by atoms with van der Waals surface area (Å²) in [5, 5.41) is 9.17. The van der Waals surface area contributed by atoms with Gasteiger partial charge in [-0.25, -0.2) is 4.98 Å². The fourth-order valence-corrected chi connectivity index (χ4v) is 4.38. The molecule has 8 nitrogen and oxygen atoms in total. The van der Waals surface area contributed by atoms with Crippen molar-refractivity contribution >= 4 is 5.65 Å². The molecule has 0 aliphatic carbocycles. The van der Waals surface area contributed by atoms with Crippen LogP contribution in [-0.4, -0.2) is 38.1 Å². The molecule has 0 spiro atoms. The van der Waals surface area contributed by atoms with Gasteiger partial charge < -0.3 is 9.15 Å². The van der Waals surface area contributed by atoms with Crippen LogP contribution in [0.15, 0.2) is 69.9 Å². The lowest BCUT2D eigenvalue weighted by atomic mass is 9.92. The predicted octanol–water partition coefficient (Wildman–Crippen LogP) is 5.52. The van der Waals surface area contributed by atoms with E-state index in [1.54, 1.807) is 6.07 Å². The second-order valence-corrected chi connectivity index (χ2v) is 8.42. The van der Waals surface area contributed by atoms with Gasteiger partial charge in [-0.05, 0) is 12.5 Å². The lowest BCUT2D eigenvalue weighted by Gasteiger charge is -2.31. The first-order valence-electron chi connectivity index (χ1n) is 11.2. The number of aromatic amines is 1. The number of hydrogen-bond acceptors (Lipinski definition) is 6. The molecule has 3 heterocycles. The van der Waals surface area contributed by atoms with Crippen LogP contribution in [0.25, 0.3) is 28.2 Å². The van der Waals surface area contributed by atoms with Crippen LogP contribution in [-0.2, 0) is 16.5 Å². The standard InChI is InChI=1S/C25H17F6N5O3/c1-13-16(20-33-34-22(39-20)23(38-2,25(29,30)31)15-11-7-4-8-12-15)21(37)36-19(32-13)17(14-9-5-3-6-10-14)18(35-36)24(26,27)28/h3-12,35H,1-2H3. The molecule has 0 bridgehead atoms. The number of benzene rings is 2. The monoisotopic (exact) mass is 549 g/mol. The zero-order chi connectivity index (χ0) is 28.2. The van der Waals surface area contributed by atoms with Crippen LogP contribution < -0.4 is 5.56 Å².